The Bertz CT molecular complexity index is 1130. The van der Waals surface area contributed by atoms with Gasteiger partial charge < -0.3 is 29.0 Å². The summed E-state index contributed by atoms with van der Waals surface area (Å²) in [4.78, 5) is 30.1. The molecule has 2 aliphatic heterocycles. The van der Waals surface area contributed by atoms with Gasteiger partial charge in [-0.05, 0) is 42.0 Å². The van der Waals surface area contributed by atoms with Gasteiger partial charge in [0.05, 0.1) is 46.2 Å². The van der Waals surface area contributed by atoms with Crippen LogP contribution in [0.3, 0.4) is 0 Å². The Morgan fingerprint density at radius 3 is 2.17 bits per heavy atom. The van der Waals surface area contributed by atoms with Gasteiger partial charge in [-0.25, -0.2) is 4.39 Å². The predicted octanol–water partition coefficient (Wildman–Crippen LogP) is 2.61. The molecule has 0 unspecified atom stereocenters. The molecule has 4 rings (SSSR count). The first kappa shape index (κ1) is 25.5. The third kappa shape index (κ3) is 4.87. The highest BCUT2D eigenvalue weighted by Crippen LogP contribution is 2.45. The Hall–Kier alpha value is -3.63. The molecule has 0 bridgehead atoms. The van der Waals surface area contributed by atoms with Crippen LogP contribution in [0.4, 0.5) is 4.39 Å². The lowest BCUT2D eigenvalue weighted by Gasteiger charge is -2.31. The molecular weight excluding hydrogens is 471 g/mol. The van der Waals surface area contributed by atoms with Crippen molar-refractivity contribution in [1.82, 2.24) is 9.80 Å². The lowest BCUT2D eigenvalue weighted by atomic mass is 9.94. The van der Waals surface area contributed by atoms with Gasteiger partial charge in [0.1, 0.15) is 11.6 Å². The molecule has 36 heavy (non-hydrogen) atoms. The van der Waals surface area contributed by atoms with Crippen LogP contribution in [0.1, 0.15) is 17.2 Å². The van der Waals surface area contributed by atoms with E-state index in [4.69, 9.17) is 18.9 Å². The number of hydrogen-bond acceptors (Lipinski definition) is 8. The number of hydrogen-bond donors (Lipinski definition) is 1. The molecule has 1 atom stereocenters. The number of methoxy groups -OCH3 is 3. The number of carbonyl (C=O) groups excluding carboxylic acids is 2. The smallest absolute Gasteiger partial charge is 0.295 e. The number of halogens is 1. The van der Waals surface area contributed by atoms with E-state index >= 15 is 0 Å². The zero-order valence-corrected chi connectivity index (χ0v) is 20.5. The second-order valence-corrected chi connectivity index (χ2v) is 8.41. The summed E-state index contributed by atoms with van der Waals surface area (Å²) in [6.07, 6.45) is 0. The number of benzene rings is 2. The molecule has 2 heterocycles. The number of morpholine rings is 1. The Labute approximate surface area is 208 Å². The normalized spacial score (nSPS) is 20.0. The van der Waals surface area contributed by atoms with E-state index in [0.29, 0.717) is 55.7 Å². The number of aliphatic hydroxyl groups excluding tert-OH is 1. The number of carbonyl (C=O) groups is 2. The van der Waals surface area contributed by atoms with Gasteiger partial charge >= 0.3 is 0 Å². The van der Waals surface area contributed by atoms with E-state index in [1.165, 1.54) is 50.5 Å². The molecule has 1 N–H and O–H groups in total. The molecule has 2 aliphatic rings. The first-order valence-electron chi connectivity index (χ1n) is 11.5. The number of ketones is 1. The monoisotopic (exact) mass is 500 g/mol. The molecule has 0 radical (unpaired) electrons. The fourth-order valence-corrected chi connectivity index (χ4v) is 4.55. The van der Waals surface area contributed by atoms with E-state index in [1.807, 2.05) is 0 Å². The van der Waals surface area contributed by atoms with Gasteiger partial charge in [-0.2, -0.15) is 0 Å². The number of nitrogens with zero attached hydrogens (tertiary/aromatic N) is 2. The molecule has 2 fully saturated rings. The minimum Gasteiger partial charge on any atom is -0.507 e. The maximum Gasteiger partial charge on any atom is 0.295 e. The van der Waals surface area contributed by atoms with E-state index < -0.39 is 23.5 Å². The number of Topliss-reactive ketones (excluding diaryl/α,β-unsaturated/α-hetero) is 1. The first-order chi connectivity index (χ1) is 17.4. The molecule has 2 aromatic carbocycles. The van der Waals surface area contributed by atoms with Gasteiger partial charge in [0.2, 0.25) is 5.75 Å². The number of ether oxygens (including phenoxy) is 4. The predicted molar refractivity (Wildman–Crippen MR) is 129 cm³/mol. The molecule has 1 amide bonds. The van der Waals surface area contributed by atoms with Crippen LogP contribution in [0.15, 0.2) is 42.0 Å². The second kappa shape index (κ2) is 11.0. The highest BCUT2D eigenvalue weighted by atomic mass is 19.1. The summed E-state index contributed by atoms with van der Waals surface area (Å²) in [7, 11) is 4.41. The van der Waals surface area contributed by atoms with Gasteiger partial charge in [-0.1, -0.05) is 0 Å². The van der Waals surface area contributed by atoms with Crippen molar-refractivity contribution in [2.45, 2.75) is 6.04 Å². The lowest BCUT2D eigenvalue weighted by Crippen LogP contribution is -2.42. The average molecular weight is 501 g/mol. The molecule has 0 saturated carbocycles. The maximum atomic E-state index is 13.5. The zero-order chi connectivity index (χ0) is 25.8. The Morgan fingerprint density at radius 2 is 1.61 bits per heavy atom. The van der Waals surface area contributed by atoms with Crippen molar-refractivity contribution in [3.05, 3.63) is 58.9 Å². The fourth-order valence-electron chi connectivity index (χ4n) is 4.55. The van der Waals surface area contributed by atoms with Crippen molar-refractivity contribution in [1.29, 1.82) is 0 Å². The van der Waals surface area contributed by atoms with Crippen molar-refractivity contribution in [2.75, 3.05) is 60.7 Å². The minimum atomic E-state index is -0.926. The quantitative estimate of drug-likeness (QED) is 0.336. The number of amides is 1. The standard InChI is InChI=1S/C26H29FN2O7/c1-33-19-14-17(15-20(34-2)25(19)35-3)22-21(23(30)16-4-6-18(27)7-5-16)24(31)26(32)29(22)9-8-28-10-12-36-13-11-28/h4-7,14-15,22,30H,8-13H2,1-3H3/t22-/m1/s1. The van der Waals surface area contributed by atoms with Gasteiger partial charge in [0, 0.05) is 31.7 Å². The molecule has 2 aromatic rings. The molecule has 2 saturated heterocycles. The van der Waals surface area contributed by atoms with Crippen LogP contribution in [0.2, 0.25) is 0 Å². The third-order valence-corrected chi connectivity index (χ3v) is 6.42. The summed E-state index contributed by atoms with van der Waals surface area (Å²) < 4.78 is 35.3. The van der Waals surface area contributed by atoms with Crippen LogP contribution in [0.5, 0.6) is 17.2 Å². The van der Waals surface area contributed by atoms with Crippen molar-refractivity contribution in [3.8, 4) is 17.2 Å². The molecule has 9 nitrogen and oxygen atoms in total. The van der Waals surface area contributed by atoms with E-state index in [0.717, 1.165) is 0 Å². The van der Waals surface area contributed by atoms with Gasteiger partial charge in [0.25, 0.3) is 11.7 Å². The molecule has 192 valence electrons. The van der Waals surface area contributed by atoms with Crippen LogP contribution in [0, 0.1) is 5.82 Å². The molecule has 0 spiro atoms. The van der Waals surface area contributed by atoms with E-state index in [1.54, 1.807) is 12.1 Å². The fraction of sp³-hybridized carbons (Fsp3) is 0.385. The van der Waals surface area contributed by atoms with Crippen molar-refractivity contribution >= 4 is 17.4 Å². The second-order valence-electron chi connectivity index (χ2n) is 8.41. The first-order valence-corrected chi connectivity index (χ1v) is 11.5. The summed E-state index contributed by atoms with van der Waals surface area (Å²) in [5, 5.41) is 11.2. The highest BCUT2D eigenvalue weighted by molar-refractivity contribution is 6.46. The van der Waals surface area contributed by atoms with Gasteiger partial charge in [0.15, 0.2) is 11.5 Å². The van der Waals surface area contributed by atoms with Crippen molar-refractivity contribution in [2.24, 2.45) is 0 Å². The Morgan fingerprint density at radius 1 is 1.00 bits per heavy atom. The van der Waals surface area contributed by atoms with Gasteiger partial charge in [-0.3, -0.25) is 14.5 Å². The highest BCUT2D eigenvalue weighted by Gasteiger charge is 2.46. The molecule has 0 aromatic heterocycles. The summed E-state index contributed by atoms with van der Waals surface area (Å²) >= 11 is 0. The van der Waals surface area contributed by atoms with E-state index in [2.05, 4.69) is 4.90 Å². The number of likely N-dealkylation sites (tertiary alicyclic amines) is 1. The Kier molecular flexibility index (Phi) is 7.76. The topological polar surface area (TPSA) is 97.8 Å². The largest absolute Gasteiger partial charge is 0.507 e. The van der Waals surface area contributed by atoms with Crippen LogP contribution in [0.25, 0.3) is 5.76 Å². The van der Waals surface area contributed by atoms with E-state index in [-0.39, 0.29) is 23.4 Å². The number of aliphatic hydroxyl groups is 1. The Balaban J connectivity index is 1.83. The molecular formula is C26H29FN2O7. The zero-order valence-electron chi connectivity index (χ0n) is 20.5. The van der Waals surface area contributed by atoms with Crippen LogP contribution >= 0.6 is 0 Å². The SMILES string of the molecule is COc1cc([C@@H]2C(=C(O)c3ccc(F)cc3)C(=O)C(=O)N2CCN2CCOCC2)cc(OC)c1OC. The number of rotatable bonds is 8. The molecule has 0 aliphatic carbocycles. The summed E-state index contributed by atoms with van der Waals surface area (Å²) in [6, 6.07) is 7.45. The summed E-state index contributed by atoms with van der Waals surface area (Å²) in [6.45, 7) is 3.39. The molecule has 10 heteroatoms. The van der Waals surface area contributed by atoms with Crippen molar-refractivity contribution in [3.63, 3.8) is 0 Å². The summed E-state index contributed by atoms with van der Waals surface area (Å²) in [5.41, 5.74) is 0.622. The third-order valence-electron chi connectivity index (χ3n) is 6.42. The van der Waals surface area contributed by atoms with E-state index in [9.17, 15) is 19.1 Å². The van der Waals surface area contributed by atoms with Crippen LogP contribution in [-0.2, 0) is 14.3 Å². The minimum absolute atomic E-state index is 0.0946. The van der Waals surface area contributed by atoms with Crippen molar-refractivity contribution < 1.29 is 38.0 Å². The summed E-state index contributed by atoms with van der Waals surface area (Å²) in [5.74, 6) is -1.39. The van der Waals surface area contributed by atoms with Gasteiger partial charge in [-0.15, -0.1) is 0 Å². The van der Waals surface area contributed by atoms with Crippen LogP contribution < -0.4 is 14.2 Å². The maximum absolute atomic E-state index is 13.5. The van der Waals surface area contributed by atoms with Crippen LogP contribution in [-0.4, -0.2) is 87.3 Å². The average Bonchev–Trinajstić information content (AvgIpc) is 3.16. The lowest BCUT2D eigenvalue weighted by molar-refractivity contribution is -0.140.